The fraction of sp³-hybridized carbons (Fsp3) is 0.192. The summed E-state index contributed by atoms with van der Waals surface area (Å²) in [5.41, 5.74) is 4.33. The lowest BCUT2D eigenvalue weighted by Crippen LogP contribution is -2.41. The number of carbonyl (C=O) groups is 3. The Labute approximate surface area is 194 Å². The number of hydrogen-bond donors (Lipinski definition) is 1. The van der Waals surface area contributed by atoms with E-state index in [9.17, 15) is 24.5 Å². The molecule has 34 heavy (non-hydrogen) atoms. The van der Waals surface area contributed by atoms with Gasteiger partial charge in [0.2, 0.25) is 17.7 Å². The summed E-state index contributed by atoms with van der Waals surface area (Å²) in [6, 6.07) is 21.4. The smallest absolute Gasteiger partial charge is 0.271 e. The van der Waals surface area contributed by atoms with Crippen molar-refractivity contribution >= 4 is 29.1 Å². The third-order valence-electron chi connectivity index (χ3n) is 7.18. The molecule has 1 fully saturated rings. The van der Waals surface area contributed by atoms with E-state index in [1.54, 1.807) is 0 Å². The van der Waals surface area contributed by atoms with Gasteiger partial charge in [-0.2, -0.15) is 0 Å². The highest BCUT2D eigenvalue weighted by atomic mass is 16.6. The summed E-state index contributed by atoms with van der Waals surface area (Å²) in [5, 5.41) is 13.6. The largest absolute Gasteiger partial charge is 0.324 e. The van der Waals surface area contributed by atoms with E-state index in [-0.39, 0.29) is 35.0 Å². The van der Waals surface area contributed by atoms with Gasteiger partial charge in [-0.05, 0) is 28.3 Å². The van der Waals surface area contributed by atoms with Crippen LogP contribution in [0.5, 0.6) is 0 Å². The molecule has 1 N–H and O–H groups in total. The molecule has 3 aliphatic carbocycles. The Bertz CT molecular complexity index is 1280. The molecular weight excluding hydrogens is 434 g/mol. The first-order valence-corrected chi connectivity index (χ1v) is 11.0. The third kappa shape index (κ3) is 2.81. The van der Waals surface area contributed by atoms with E-state index in [2.05, 4.69) is 5.32 Å². The number of anilines is 1. The summed E-state index contributed by atoms with van der Waals surface area (Å²) in [6.45, 7) is -0.431. The topological polar surface area (TPSA) is 110 Å². The van der Waals surface area contributed by atoms with Crippen LogP contribution in [-0.2, 0) is 14.4 Å². The zero-order valence-electron chi connectivity index (χ0n) is 17.9. The number of benzene rings is 3. The maximum Gasteiger partial charge on any atom is 0.271 e. The first-order chi connectivity index (χ1) is 16.5. The molecule has 0 spiro atoms. The third-order valence-corrected chi connectivity index (χ3v) is 7.18. The van der Waals surface area contributed by atoms with Crippen LogP contribution in [-0.4, -0.2) is 34.1 Å². The normalized spacial score (nSPS) is 23.8. The summed E-state index contributed by atoms with van der Waals surface area (Å²) in [6.07, 6.45) is 0. The average Bonchev–Trinajstić information content (AvgIpc) is 3.09. The van der Waals surface area contributed by atoms with Crippen molar-refractivity contribution in [3.8, 4) is 0 Å². The van der Waals surface area contributed by atoms with Gasteiger partial charge in [-0.25, -0.2) is 0 Å². The van der Waals surface area contributed by atoms with Gasteiger partial charge < -0.3 is 5.32 Å². The van der Waals surface area contributed by atoms with E-state index in [0.717, 1.165) is 27.2 Å². The zero-order chi connectivity index (χ0) is 23.6. The number of nitrogens with one attached hydrogen (secondary N) is 1. The van der Waals surface area contributed by atoms with Gasteiger partial charge in [-0.15, -0.1) is 0 Å². The molecule has 1 aliphatic heterocycles. The van der Waals surface area contributed by atoms with E-state index in [1.165, 1.54) is 24.3 Å². The van der Waals surface area contributed by atoms with Crippen molar-refractivity contribution in [2.45, 2.75) is 11.8 Å². The lowest BCUT2D eigenvalue weighted by molar-refractivity contribution is -0.384. The number of rotatable bonds is 4. The van der Waals surface area contributed by atoms with Crippen LogP contribution in [0.4, 0.5) is 11.4 Å². The van der Waals surface area contributed by atoms with Crippen molar-refractivity contribution in [3.05, 3.63) is 105 Å². The van der Waals surface area contributed by atoms with Crippen LogP contribution in [0.3, 0.4) is 0 Å². The second-order valence-electron chi connectivity index (χ2n) is 8.88. The van der Waals surface area contributed by atoms with Gasteiger partial charge in [0, 0.05) is 29.7 Å². The highest BCUT2D eigenvalue weighted by Gasteiger charge is 2.61. The maximum atomic E-state index is 13.5. The van der Waals surface area contributed by atoms with Crippen LogP contribution in [0.2, 0.25) is 0 Å². The minimum atomic E-state index is -0.580. The lowest BCUT2D eigenvalue weighted by atomic mass is 9.55. The molecule has 3 amide bonds. The number of carbonyl (C=O) groups excluding carboxylic acids is 3. The predicted octanol–water partition coefficient (Wildman–Crippen LogP) is 3.43. The standard InChI is InChI=1S/C26H19N3O5/c30-20(27-14-6-5-7-15(12-14)29(33)34)13-28-25(31)23-21-16-8-1-2-9-17(16)22(24(23)26(28)32)19-11-4-3-10-18(19)21/h1-12,21-24H,13H2,(H,27,30)/t21?,22?,23-,24+. The van der Waals surface area contributed by atoms with Gasteiger partial charge in [-0.3, -0.25) is 29.4 Å². The molecule has 1 heterocycles. The van der Waals surface area contributed by atoms with Crippen molar-refractivity contribution in [1.29, 1.82) is 0 Å². The van der Waals surface area contributed by atoms with Crippen molar-refractivity contribution in [1.82, 2.24) is 4.90 Å². The Morgan fingerprint density at radius 3 is 1.79 bits per heavy atom. The molecule has 8 heteroatoms. The summed E-state index contributed by atoms with van der Waals surface area (Å²) < 4.78 is 0. The molecule has 0 radical (unpaired) electrons. The molecule has 0 aromatic heterocycles. The van der Waals surface area contributed by atoms with Gasteiger partial charge in [0.05, 0.1) is 16.8 Å². The van der Waals surface area contributed by atoms with Gasteiger partial charge in [0.25, 0.3) is 5.69 Å². The molecule has 1 saturated heterocycles. The molecule has 3 aromatic carbocycles. The molecule has 0 unspecified atom stereocenters. The van der Waals surface area contributed by atoms with Crippen molar-refractivity contribution < 1.29 is 19.3 Å². The summed E-state index contributed by atoms with van der Waals surface area (Å²) in [4.78, 5) is 51.3. The minimum Gasteiger partial charge on any atom is -0.324 e. The number of nitro benzene ring substituents is 1. The van der Waals surface area contributed by atoms with Crippen LogP contribution < -0.4 is 5.32 Å². The Balaban J connectivity index is 1.31. The SMILES string of the molecule is O=C(CN1C(=O)[C@@H]2C3c4ccccc4C(c4ccccc43)[C@@H]2C1=O)Nc1cccc([N+](=O)[O-])c1. The van der Waals surface area contributed by atoms with Crippen LogP contribution >= 0.6 is 0 Å². The monoisotopic (exact) mass is 453 g/mol. The predicted molar refractivity (Wildman–Crippen MR) is 122 cm³/mol. The molecule has 3 aromatic rings. The Morgan fingerprint density at radius 1 is 0.824 bits per heavy atom. The average molecular weight is 453 g/mol. The van der Waals surface area contributed by atoms with Crippen molar-refractivity contribution in [3.63, 3.8) is 0 Å². The number of nitrogens with zero attached hydrogens (tertiary/aromatic N) is 2. The van der Waals surface area contributed by atoms with Crippen molar-refractivity contribution in [2.75, 3.05) is 11.9 Å². The Kier molecular flexibility index (Phi) is 4.38. The highest BCUT2D eigenvalue weighted by Crippen LogP contribution is 2.60. The number of hydrogen-bond acceptors (Lipinski definition) is 5. The minimum absolute atomic E-state index is 0.163. The second kappa shape index (κ2) is 7.34. The maximum absolute atomic E-state index is 13.5. The number of nitro groups is 1. The Morgan fingerprint density at radius 2 is 1.32 bits per heavy atom. The second-order valence-corrected chi connectivity index (χ2v) is 8.88. The van der Waals surface area contributed by atoms with Gasteiger partial charge >= 0.3 is 0 Å². The van der Waals surface area contributed by atoms with E-state index in [0.29, 0.717) is 0 Å². The summed E-state index contributed by atoms with van der Waals surface area (Å²) >= 11 is 0. The van der Waals surface area contributed by atoms with Gasteiger partial charge in [0.1, 0.15) is 6.54 Å². The van der Waals surface area contributed by atoms with Gasteiger partial charge in [0.15, 0.2) is 0 Å². The van der Waals surface area contributed by atoms with E-state index >= 15 is 0 Å². The van der Waals surface area contributed by atoms with E-state index < -0.39 is 29.2 Å². The molecule has 7 rings (SSSR count). The number of amides is 3. The number of likely N-dealkylation sites (tertiary alicyclic amines) is 1. The zero-order valence-corrected chi connectivity index (χ0v) is 17.9. The fourth-order valence-electron chi connectivity index (χ4n) is 5.94. The summed E-state index contributed by atoms with van der Waals surface area (Å²) in [7, 11) is 0. The first-order valence-electron chi connectivity index (χ1n) is 11.0. The van der Waals surface area contributed by atoms with E-state index in [4.69, 9.17) is 0 Å². The van der Waals surface area contributed by atoms with Crippen LogP contribution in [0.1, 0.15) is 34.1 Å². The Hall–Kier alpha value is -4.33. The van der Waals surface area contributed by atoms with Crippen molar-refractivity contribution in [2.24, 2.45) is 11.8 Å². The van der Waals surface area contributed by atoms with Crippen LogP contribution in [0, 0.1) is 22.0 Å². The first kappa shape index (κ1) is 20.3. The summed E-state index contributed by atoms with van der Waals surface area (Å²) in [5.74, 6) is -2.83. The quantitative estimate of drug-likeness (QED) is 0.370. The number of non-ortho nitro benzene ring substituents is 1. The highest BCUT2D eigenvalue weighted by molar-refractivity contribution is 6.10. The lowest BCUT2D eigenvalue weighted by Gasteiger charge is -2.45. The van der Waals surface area contributed by atoms with Gasteiger partial charge in [-0.1, -0.05) is 54.6 Å². The molecule has 2 atom stereocenters. The van der Waals surface area contributed by atoms with Crippen LogP contribution in [0.25, 0.3) is 0 Å². The molecule has 0 saturated carbocycles. The van der Waals surface area contributed by atoms with E-state index in [1.807, 2.05) is 48.5 Å². The molecular formula is C26H19N3O5. The molecule has 4 aliphatic rings. The number of imide groups is 1. The molecule has 168 valence electrons. The molecule has 2 bridgehead atoms. The fourth-order valence-corrected chi connectivity index (χ4v) is 5.94. The van der Waals surface area contributed by atoms with Crippen LogP contribution in [0.15, 0.2) is 72.8 Å². The molecule has 8 nitrogen and oxygen atoms in total.